The summed E-state index contributed by atoms with van der Waals surface area (Å²) in [6.45, 7) is 7.13. The van der Waals surface area contributed by atoms with E-state index in [0.717, 1.165) is 11.8 Å². The number of epoxide rings is 1. The lowest BCUT2D eigenvalue weighted by Gasteiger charge is -2.57. The fraction of sp³-hybridized carbons (Fsp3) is 1.00. The van der Waals surface area contributed by atoms with Crippen LogP contribution in [0.1, 0.15) is 33.6 Å². The Morgan fingerprint density at radius 3 is 2.36 bits per heavy atom. The van der Waals surface area contributed by atoms with Crippen molar-refractivity contribution in [1.82, 2.24) is 0 Å². The largest absolute Gasteiger partial charge is 0.366 e. The summed E-state index contributed by atoms with van der Waals surface area (Å²) in [5.41, 5.74) is 0.889. The van der Waals surface area contributed by atoms with Gasteiger partial charge in [-0.05, 0) is 37.0 Å². The number of ether oxygens (including phenoxy) is 1. The summed E-state index contributed by atoms with van der Waals surface area (Å²) >= 11 is 0. The molecule has 1 nitrogen and oxygen atoms in total. The molecule has 11 heavy (non-hydrogen) atoms. The smallest absolute Gasteiger partial charge is 0.0953 e. The molecule has 62 valence electrons. The van der Waals surface area contributed by atoms with Crippen molar-refractivity contribution in [3.05, 3.63) is 0 Å². The zero-order valence-electron chi connectivity index (χ0n) is 7.55. The van der Waals surface area contributed by atoms with Gasteiger partial charge < -0.3 is 4.74 Å². The Balaban J connectivity index is 1.98. The van der Waals surface area contributed by atoms with E-state index in [2.05, 4.69) is 20.8 Å². The molecule has 1 heterocycles. The topological polar surface area (TPSA) is 12.5 Å². The van der Waals surface area contributed by atoms with Gasteiger partial charge in [-0.25, -0.2) is 0 Å². The summed E-state index contributed by atoms with van der Waals surface area (Å²) in [5, 5.41) is 0. The van der Waals surface area contributed by atoms with E-state index in [1.54, 1.807) is 0 Å². The molecule has 2 bridgehead atoms. The highest BCUT2D eigenvalue weighted by Crippen LogP contribution is 2.70. The second-order valence-electron chi connectivity index (χ2n) is 5.33. The first kappa shape index (κ1) is 6.47. The molecule has 1 aliphatic heterocycles. The van der Waals surface area contributed by atoms with Gasteiger partial charge in [0.15, 0.2) is 0 Å². The lowest BCUT2D eigenvalue weighted by Crippen LogP contribution is -2.56. The minimum atomic E-state index is 0.304. The molecule has 0 radical (unpaired) electrons. The van der Waals surface area contributed by atoms with E-state index >= 15 is 0 Å². The van der Waals surface area contributed by atoms with Crippen LogP contribution in [0.4, 0.5) is 0 Å². The average molecular weight is 152 g/mol. The van der Waals surface area contributed by atoms with E-state index in [-0.39, 0.29) is 0 Å². The third-order valence-electron chi connectivity index (χ3n) is 4.64. The molecule has 0 N–H and O–H groups in total. The SMILES string of the molecule is CC1(C)[C@H]2C[C@@H]3OC3(C)[C@H]1C2. The number of hydrogen-bond donors (Lipinski definition) is 0. The van der Waals surface area contributed by atoms with Crippen molar-refractivity contribution in [2.75, 3.05) is 0 Å². The first-order chi connectivity index (χ1) is 5.05. The molecule has 4 rings (SSSR count). The van der Waals surface area contributed by atoms with Crippen molar-refractivity contribution in [1.29, 1.82) is 0 Å². The molecule has 3 aliphatic carbocycles. The third kappa shape index (κ3) is 0.516. The standard InChI is InChI=1S/C10H16O/c1-9(2)6-4-7(9)10(3)8(5-6)11-10/h6-8H,4-5H2,1-3H3/t6-,7+,8+,10?/m1/s1. The second-order valence-corrected chi connectivity index (χ2v) is 5.33. The Bertz CT molecular complexity index is 216. The van der Waals surface area contributed by atoms with Crippen LogP contribution in [-0.2, 0) is 4.74 Å². The Hall–Kier alpha value is -0.0400. The molecule has 0 amide bonds. The van der Waals surface area contributed by atoms with Gasteiger partial charge in [0, 0.05) is 0 Å². The zero-order valence-corrected chi connectivity index (χ0v) is 7.55. The highest BCUT2D eigenvalue weighted by molar-refractivity contribution is 5.20. The molecule has 1 heteroatoms. The Morgan fingerprint density at radius 1 is 1.18 bits per heavy atom. The fourth-order valence-electron chi connectivity index (χ4n) is 3.51. The van der Waals surface area contributed by atoms with Crippen LogP contribution < -0.4 is 0 Å². The van der Waals surface area contributed by atoms with E-state index < -0.39 is 0 Å². The van der Waals surface area contributed by atoms with E-state index in [0.29, 0.717) is 17.1 Å². The van der Waals surface area contributed by atoms with Gasteiger partial charge in [0.25, 0.3) is 0 Å². The van der Waals surface area contributed by atoms with Crippen molar-refractivity contribution in [2.45, 2.75) is 45.3 Å². The fourth-order valence-corrected chi connectivity index (χ4v) is 3.51. The maximum Gasteiger partial charge on any atom is 0.0953 e. The normalized spacial score (nSPS) is 63.0. The van der Waals surface area contributed by atoms with Gasteiger partial charge in [-0.2, -0.15) is 0 Å². The Labute approximate surface area is 68.1 Å². The molecule has 0 aromatic rings. The van der Waals surface area contributed by atoms with E-state index in [4.69, 9.17) is 4.74 Å². The van der Waals surface area contributed by atoms with Gasteiger partial charge in [0.1, 0.15) is 0 Å². The minimum absolute atomic E-state index is 0.304. The summed E-state index contributed by atoms with van der Waals surface area (Å²) in [5.74, 6) is 1.83. The lowest BCUT2D eigenvalue weighted by atomic mass is 9.46. The maximum absolute atomic E-state index is 5.75. The molecule has 4 atom stereocenters. The van der Waals surface area contributed by atoms with Gasteiger partial charge in [-0.1, -0.05) is 13.8 Å². The number of hydrogen-bond acceptors (Lipinski definition) is 1. The Morgan fingerprint density at radius 2 is 1.91 bits per heavy atom. The summed E-state index contributed by atoms with van der Waals surface area (Å²) in [6, 6.07) is 0. The van der Waals surface area contributed by atoms with Crippen LogP contribution in [-0.4, -0.2) is 11.7 Å². The quantitative estimate of drug-likeness (QED) is 0.485. The van der Waals surface area contributed by atoms with Gasteiger partial charge in [-0.15, -0.1) is 0 Å². The molecule has 0 aromatic carbocycles. The first-order valence-corrected chi connectivity index (χ1v) is 4.73. The van der Waals surface area contributed by atoms with Gasteiger partial charge >= 0.3 is 0 Å². The van der Waals surface area contributed by atoms with Gasteiger partial charge in [-0.3, -0.25) is 0 Å². The molecule has 0 spiro atoms. The highest BCUT2D eigenvalue weighted by Gasteiger charge is 2.72. The summed E-state index contributed by atoms with van der Waals surface area (Å²) in [4.78, 5) is 0. The monoisotopic (exact) mass is 152 g/mol. The van der Waals surface area contributed by atoms with Gasteiger partial charge in [0.2, 0.25) is 0 Å². The summed E-state index contributed by atoms with van der Waals surface area (Å²) in [6.07, 6.45) is 3.40. The molecule has 0 aromatic heterocycles. The minimum Gasteiger partial charge on any atom is -0.366 e. The second kappa shape index (κ2) is 1.39. The molecule has 4 fully saturated rings. The van der Waals surface area contributed by atoms with Crippen LogP contribution in [0.15, 0.2) is 0 Å². The lowest BCUT2D eigenvalue weighted by molar-refractivity contribution is -0.0789. The van der Waals surface area contributed by atoms with Crippen molar-refractivity contribution in [2.24, 2.45) is 17.3 Å². The predicted octanol–water partition coefficient (Wildman–Crippen LogP) is 2.21. The third-order valence-corrected chi connectivity index (χ3v) is 4.64. The Kier molecular flexibility index (Phi) is 0.820. The first-order valence-electron chi connectivity index (χ1n) is 4.73. The van der Waals surface area contributed by atoms with Gasteiger partial charge in [0.05, 0.1) is 11.7 Å². The van der Waals surface area contributed by atoms with Crippen LogP contribution in [0.25, 0.3) is 0 Å². The zero-order chi connectivity index (χ0) is 7.85. The van der Waals surface area contributed by atoms with E-state index in [1.807, 2.05) is 0 Å². The van der Waals surface area contributed by atoms with Crippen LogP contribution in [0.5, 0.6) is 0 Å². The molecule has 4 aliphatic rings. The average Bonchev–Trinajstić information content (AvgIpc) is 2.58. The van der Waals surface area contributed by atoms with E-state index in [1.165, 1.54) is 12.8 Å². The van der Waals surface area contributed by atoms with Crippen LogP contribution in [0.3, 0.4) is 0 Å². The summed E-state index contributed by atoms with van der Waals surface area (Å²) in [7, 11) is 0. The van der Waals surface area contributed by atoms with Crippen LogP contribution in [0, 0.1) is 17.3 Å². The molecular formula is C10H16O. The summed E-state index contributed by atoms with van der Waals surface area (Å²) < 4.78 is 5.75. The highest BCUT2D eigenvalue weighted by atomic mass is 16.6. The van der Waals surface area contributed by atoms with Crippen molar-refractivity contribution in [3.63, 3.8) is 0 Å². The van der Waals surface area contributed by atoms with Crippen LogP contribution in [0.2, 0.25) is 0 Å². The van der Waals surface area contributed by atoms with Crippen molar-refractivity contribution < 1.29 is 4.74 Å². The molecule has 3 saturated carbocycles. The predicted molar refractivity (Wildman–Crippen MR) is 43.3 cm³/mol. The maximum atomic E-state index is 5.75. The molecule has 1 saturated heterocycles. The van der Waals surface area contributed by atoms with Crippen molar-refractivity contribution >= 4 is 0 Å². The molecule has 1 unspecified atom stereocenters. The van der Waals surface area contributed by atoms with Crippen molar-refractivity contribution in [3.8, 4) is 0 Å². The number of rotatable bonds is 0. The van der Waals surface area contributed by atoms with Crippen LogP contribution >= 0.6 is 0 Å². The van der Waals surface area contributed by atoms with E-state index in [9.17, 15) is 0 Å². The molecular weight excluding hydrogens is 136 g/mol.